The van der Waals surface area contributed by atoms with Crippen LogP contribution in [-0.2, 0) is 0 Å². The summed E-state index contributed by atoms with van der Waals surface area (Å²) in [5, 5.41) is 5.01. The predicted molar refractivity (Wildman–Crippen MR) is 194 cm³/mol. The smallest absolute Gasteiger partial charge is 0.160 e. The average molecular weight is 606 g/mol. The van der Waals surface area contributed by atoms with Crippen molar-refractivity contribution in [2.75, 3.05) is 0 Å². The molecule has 0 bridgehead atoms. The molecule has 5 aromatic carbocycles. The Morgan fingerprint density at radius 1 is 0.587 bits per heavy atom. The summed E-state index contributed by atoms with van der Waals surface area (Å²) in [6.45, 7) is 0. The number of rotatable bonds is 3. The summed E-state index contributed by atoms with van der Waals surface area (Å²) < 4.78 is 3.75. The van der Waals surface area contributed by atoms with Crippen LogP contribution < -0.4 is 0 Å². The summed E-state index contributed by atoms with van der Waals surface area (Å²) >= 11 is 1.91. The standard InChI is InChI=1S/C42H27N3S/c1-2-11-27(12-3-1)41-32-15-6-8-16-35(32)43-42(44-41)28-18-21-29(22-19-28)45-36-17-9-7-14-31(36)33-24-34-39(25-37(33)45)46-38-23-20-26-10-4-5-13-30(26)40(34)38/h1-26,30H. The van der Waals surface area contributed by atoms with Crippen molar-refractivity contribution in [3.05, 3.63) is 156 Å². The van der Waals surface area contributed by atoms with E-state index < -0.39 is 0 Å². The number of allylic oxidation sites excluding steroid dienone is 5. The second-order valence-corrected chi connectivity index (χ2v) is 13.2. The third-order valence-corrected chi connectivity index (χ3v) is 10.7. The molecule has 2 aliphatic carbocycles. The fraction of sp³-hybridized carbons (Fsp3) is 0.0476. The molecule has 10 rings (SSSR count). The molecule has 3 nitrogen and oxygen atoms in total. The number of benzene rings is 5. The molecule has 0 aliphatic heterocycles. The van der Waals surface area contributed by atoms with Gasteiger partial charge in [-0.3, -0.25) is 0 Å². The van der Waals surface area contributed by atoms with Gasteiger partial charge < -0.3 is 4.57 Å². The van der Waals surface area contributed by atoms with Gasteiger partial charge in [0.15, 0.2) is 5.82 Å². The van der Waals surface area contributed by atoms with Gasteiger partial charge in [0, 0.05) is 54.4 Å². The third-order valence-electron chi connectivity index (χ3n) is 9.56. The topological polar surface area (TPSA) is 30.7 Å². The average Bonchev–Trinajstić information content (AvgIpc) is 3.65. The van der Waals surface area contributed by atoms with Gasteiger partial charge in [0.05, 0.1) is 22.2 Å². The van der Waals surface area contributed by atoms with Crippen molar-refractivity contribution < 1.29 is 0 Å². The summed E-state index contributed by atoms with van der Waals surface area (Å²) in [5.74, 6) is 1.56. The zero-order chi connectivity index (χ0) is 30.2. The van der Waals surface area contributed by atoms with Gasteiger partial charge in [-0.1, -0.05) is 97.1 Å². The Morgan fingerprint density at radius 2 is 1.37 bits per heavy atom. The van der Waals surface area contributed by atoms with E-state index in [-0.39, 0.29) is 0 Å². The van der Waals surface area contributed by atoms with Gasteiger partial charge in [-0.2, -0.15) is 0 Å². The van der Waals surface area contributed by atoms with E-state index in [1.165, 1.54) is 42.3 Å². The van der Waals surface area contributed by atoms with Crippen LogP contribution in [-0.4, -0.2) is 14.5 Å². The molecule has 3 aromatic heterocycles. The summed E-state index contributed by atoms with van der Waals surface area (Å²) in [7, 11) is 0. The van der Waals surface area contributed by atoms with Crippen molar-refractivity contribution in [2.45, 2.75) is 5.92 Å². The van der Waals surface area contributed by atoms with Crippen LogP contribution in [0.2, 0.25) is 0 Å². The molecule has 0 amide bonds. The fourth-order valence-electron chi connectivity index (χ4n) is 7.42. The first-order chi connectivity index (χ1) is 22.8. The number of aromatic nitrogens is 3. The lowest BCUT2D eigenvalue weighted by molar-refractivity contribution is 0.700. The Kier molecular flexibility index (Phi) is 5.57. The summed E-state index contributed by atoms with van der Waals surface area (Å²) in [5.41, 5.74) is 9.03. The fourth-order valence-corrected chi connectivity index (χ4v) is 8.61. The number of thiophene rings is 1. The van der Waals surface area contributed by atoms with Crippen LogP contribution in [0.25, 0.3) is 77.2 Å². The van der Waals surface area contributed by atoms with E-state index >= 15 is 0 Å². The van der Waals surface area contributed by atoms with Gasteiger partial charge in [0.1, 0.15) is 0 Å². The molecular weight excluding hydrogens is 579 g/mol. The Hall–Kier alpha value is -5.58. The maximum Gasteiger partial charge on any atom is 0.160 e. The molecule has 216 valence electrons. The van der Waals surface area contributed by atoms with E-state index in [1.54, 1.807) is 0 Å². The number of hydrogen-bond donors (Lipinski definition) is 0. The summed E-state index contributed by atoms with van der Waals surface area (Å²) in [6.07, 6.45) is 13.8. The van der Waals surface area contributed by atoms with Crippen LogP contribution in [0.3, 0.4) is 0 Å². The van der Waals surface area contributed by atoms with Gasteiger partial charge in [0.25, 0.3) is 0 Å². The van der Waals surface area contributed by atoms with Gasteiger partial charge in [-0.05, 0) is 65.6 Å². The lowest BCUT2D eigenvalue weighted by atomic mass is 9.78. The molecule has 46 heavy (non-hydrogen) atoms. The third kappa shape index (κ3) is 3.84. The molecule has 2 aliphatic rings. The first-order valence-electron chi connectivity index (χ1n) is 15.8. The molecule has 4 heteroatoms. The minimum absolute atomic E-state index is 0.400. The molecule has 2 unspecified atom stereocenters. The Morgan fingerprint density at radius 3 is 2.26 bits per heavy atom. The number of nitrogens with zero attached hydrogens (tertiary/aromatic N) is 3. The minimum atomic E-state index is 0.400. The molecule has 3 heterocycles. The van der Waals surface area contributed by atoms with Crippen LogP contribution in [0.1, 0.15) is 16.4 Å². The summed E-state index contributed by atoms with van der Waals surface area (Å²) in [4.78, 5) is 11.5. The first kappa shape index (κ1) is 25.7. The monoisotopic (exact) mass is 605 g/mol. The highest BCUT2D eigenvalue weighted by atomic mass is 32.1. The molecule has 0 saturated carbocycles. The number of fused-ring (bicyclic) bond motifs is 9. The molecule has 8 aromatic rings. The molecule has 0 radical (unpaired) electrons. The second-order valence-electron chi connectivity index (χ2n) is 12.2. The van der Waals surface area contributed by atoms with Crippen LogP contribution >= 0.6 is 11.3 Å². The van der Waals surface area contributed by atoms with E-state index in [9.17, 15) is 0 Å². The molecule has 2 atom stereocenters. The van der Waals surface area contributed by atoms with Gasteiger partial charge in [-0.25, -0.2) is 9.97 Å². The molecule has 0 fully saturated rings. The molecule has 0 N–H and O–H groups in total. The Labute approximate surface area is 270 Å². The first-order valence-corrected chi connectivity index (χ1v) is 16.6. The van der Waals surface area contributed by atoms with Crippen molar-refractivity contribution >= 4 is 60.2 Å². The predicted octanol–water partition coefficient (Wildman–Crippen LogP) is 11.1. The largest absolute Gasteiger partial charge is 0.309 e. The lowest BCUT2D eigenvalue weighted by Gasteiger charge is -2.25. The van der Waals surface area contributed by atoms with Gasteiger partial charge in [0.2, 0.25) is 0 Å². The van der Waals surface area contributed by atoms with Crippen molar-refractivity contribution in [1.29, 1.82) is 0 Å². The highest BCUT2D eigenvalue weighted by molar-refractivity contribution is 7.20. The normalized spacial score (nSPS) is 16.9. The van der Waals surface area contributed by atoms with Crippen molar-refractivity contribution in [3.63, 3.8) is 0 Å². The maximum absolute atomic E-state index is 5.10. The highest BCUT2D eigenvalue weighted by Crippen LogP contribution is 2.48. The lowest BCUT2D eigenvalue weighted by Crippen LogP contribution is -2.11. The molecule has 0 saturated heterocycles. The van der Waals surface area contributed by atoms with Crippen LogP contribution in [0.4, 0.5) is 0 Å². The Balaban J connectivity index is 1.13. The Bertz CT molecular complexity index is 2580. The number of para-hydroxylation sites is 2. The van der Waals surface area contributed by atoms with E-state index in [0.717, 1.165) is 39.2 Å². The summed E-state index contributed by atoms with van der Waals surface area (Å²) in [6, 6.07) is 41.0. The maximum atomic E-state index is 5.10. The van der Waals surface area contributed by atoms with Crippen molar-refractivity contribution in [1.82, 2.24) is 14.5 Å². The van der Waals surface area contributed by atoms with Gasteiger partial charge in [-0.15, -0.1) is 11.3 Å². The second kappa shape index (κ2) is 9.96. The molecule has 0 spiro atoms. The molecular formula is C42H27N3S. The SMILES string of the molecule is C1=CC2C=Cc3sc4cc5c(cc4c3C2C=C1)c1ccccc1n5-c1ccc(-c2nc(-c3ccccc3)c3ccccc3n2)cc1. The van der Waals surface area contributed by atoms with Crippen molar-refractivity contribution in [3.8, 4) is 28.3 Å². The van der Waals surface area contributed by atoms with Crippen LogP contribution in [0, 0.1) is 5.92 Å². The van der Waals surface area contributed by atoms with E-state index in [0.29, 0.717) is 11.8 Å². The zero-order valence-electron chi connectivity index (χ0n) is 24.8. The zero-order valence-corrected chi connectivity index (χ0v) is 25.7. The number of hydrogen-bond acceptors (Lipinski definition) is 3. The van der Waals surface area contributed by atoms with E-state index in [4.69, 9.17) is 9.97 Å². The minimum Gasteiger partial charge on any atom is -0.309 e. The van der Waals surface area contributed by atoms with E-state index in [2.05, 4.69) is 144 Å². The van der Waals surface area contributed by atoms with Gasteiger partial charge >= 0.3 is 0 Å². The highest BCUT2D eigenvalue weighted by Gasteiger charge is 2.28. The van der Waals surface area contributed by atoms with Crippen molar-refractivity contribution in [2.24, 2.45) is 5.92 Å². The van der Waals surface area contributed by atoms with Crippen LogP contribution in [0.15, 0.2) is 146 Å². The van der Waals surface area contributed by atoms with Crippen LogP contribution in [0.5, 0.6) is 0 Å². The quantitative estimate of drug-likeness (QED) is 0.201. The van der Waals surface area contributed by atoms with E-state index in [1.807, 2.05) is 23.5 Å².